The number of rotatable bonds is 5. The van der Waals surface area contributed by atoms with Gasteiger partial charge in [0.05, 0.1) is 0 Å². The van der Waals surface area contributed by atoms with Gasteiger partial charge >= 0.3 is 0 Å². The molecule has 0 fully saturated rings. The fourth-order valence-electron chi connectivity index (χ4n) is 6.96. The molecule has 0 atom stereocenters. The van der Waals surface area contributed by atoms with Gasteiger partial charge in [-0.15, -0.1) is 0 Å². The van der Waals surface area contributed by atoms with Crippen molar-refractivity contribution in [1.82, 2.24) is 0 Å². The van der Waals surface area contributed by atoms with Gasteiger partial charge in [0.25, 0.3) is 0 Å². The van der Waals surface area contributed by atoms with E-state index in [0.29, 0.717) is 0 Å². The van der Waals surface area contributed by atoms with Gasteiger partial charge < -0.3 is 0 Å². The van der Waals surface area contributed by atoms with Gasteiger partial charge in [-0.1, -0.05) is 159 Å². The molecule has 42 heavy (non-hydrogen) atoms. The van der Waals surface area contributed by atoms with E-state index in [-0.39, 0.29) is 0 Å². The topological polar surface area (TPSA) is 0 Å². The lowest BCUT2D eigenvalue weighted by molar-refractivity contribution is 1.15. The van der Waals surface area contributed by atoms with Crippen LogP contribution in [-0.4, -0.2) is 0 Å². The van der Waals surface area contributed by atoms with Crippen LogP contribution >= 0.6 is 0 Å². The number of benzene rings is 7. The van der Waals surface area contributed by atoms with E-state index in [9.17, 15) is 0 Å². The summed E-state index contributed by atoms with van der Waals surface area (Å²) in [6.45, 7) is 2.26. The molecule has 0 radical (unpaired) electrons. The average molecular weight is 535 g/mol. The monoisotopic (exact) mass is 534 g/mol. The van der Waals surface area contributed by atoms with Crippen LogP contribution in [0.4, 0.5) is 0 Å². The van der Waals surface area contributed by atoms with E-state index >= 15 is 0 Å². The highest BCUT2D eigenvalue weighted by Crippen LogP contribution is 2.60. The third-order valence-electron chi connectivity index (χ3n) is 8.73. The SMILES string of the molecule is CCc1cc2c3c(cccc3c1)-c1c(-c3ccccc3)c(-c3ccccc3)c(-c3ccccc3)c(-c3ccccc3)c1-2. The normalized spacial score (nSPS) is 11.5. The first-order valence-electron chi connectivity index (χ1n) is 14.9. The predicted octanol–water partition coefficient (Wildman–Crippen LogP) is 11.7. The van der Waals surface area contributed by atoms with Crippen molar-refractivity contribution in [2.45, 2.75) is 13.3 Å². The van der Waals surface area contributed by atoms with E-state index in [2.05, 4.69) is 159 Å². The summed E-state index contributed by atoms with van der Waals surface area (Å²) in [6, 6.07) is 55.7. The first kappa shape index (κ1) is 24.6. The van der Waals surface area contributed by atoms with E-state index in [1.54, 1.807) is 0 Å². The Bertz CT molecular complexity index is 2070. The molecule has 0 nitrogen and oxygen atoms in total. The molecule has 8 rings (SSSR count). The molecule has 0 heterocycles. The molecule has 0 amide bonds. The van der Waals surface area contributed by atoms with Gasteiger partial charge in [0.2, 0.25) is 0 Å². The molecule has 0 spiro atoms. The summed E-state index contributed by atoms with van der Waals surface area (Å²) in [6.07, 6.45) is 1.00. The van der Waals surface area contributed by atoms with Crippen LogP contribution in [0.5, 0.6) is 0 Å². The third-order valence-corrected chi connectivity index (χ3v) is 8.73. The fourth-order valence-corrected chi connectivity index (χ4v) is 6.96. The van der Waals surface area contributed by atoms with Crippen molar-refractivity contribution in [3.63, 3.8) is 0 Å². The lowest BCUT2D eigenvalue weighted by atomic mass is 9.76. The number of hydrogen-bond acceptors (Lipinski definition) is 0. The molecular weight excluding hydrogens is 504 g/mol. The first-order valence-corrected chi connectivity index (χ1v) is 14.9. The number of aryl methyl sites for hydroxylation is 1. The minimum atomic E-state index is 1.00. The van der Waals surface area contributed by atoms with Crippen LogP contribution in [0, 0.1) is 0 Å². The second-order valence-corrected chi connectivity index (χ2v) is 11.1. The largest absolute Gasteiger partial charge is 0.0622 e. The Labute approximate surface area is 247 Å². The molecule has 0 unspecified atom stereocenters. The van der Waals surface area contributed by atoms with E-state index in [4.69, 9.17) is 0 Å². The van der Waals surface area contributed by atoms with Crippen LogP contribution in [0.3, 0.4) is 0 Å². The summed E-state index contributed by atoms with van der Waals surface area (Å²) < 4.78 is 0. The van der Waals surface area contributed by atoms with Crippen LogP contribution in [0.25, 0.3) is 77.5 Å². The highest BCUT2D eigenvalue weighted by molar-refractivity contribution is 6.25. The standard InChI is InChI=1S/C42H30/c1-2-28-26-33-24-15-25-34-36(33)35(27-28)42-40(32-22-13-6-14-23-32)38(30-18-9-4-10-19-30)37(29-16-7-3-8-17-29)39(41(34)42)31-20-11-5-12-21-31/h3-27H,2H2,1H3. The van der Waals surface area contributed by atoms with Crippen molar-refractivity contribution in [3.8, 4) is 66.8 Å². The van der Waals surface area contributed by atoms with Crippen LogP contribution < -0.4 is 0 Å². The molecule has 0 aromatic heterocycles. The molecule has 0 aliphatic heterocycles. The van der Waals surface area contributed by atoms with Gasteiger partial charge in [0, 0.05) is 0 Å². The smallest absolute Gasteiger partial charge is 0.000709 e. The second-order valence-electron chi connectivity index (χ2n) is 11.1. The van der Waals surface area contributed by atoms with E-state index < -0.39 is 0 Å². The lowest BCUT2D eigenvalue weighted by Gasteiger charge is -2.26. The van der Waals surface area contributed by atoms with Crippen molar-refractivity contribution >= 4 is 10.8 Å². The van der Waals surface area contributed by atoms with Gasteiger partial charge in [-0.25, -0.2) is 0 Å². The molecule has 1 aliphatic rings. The minimum absolute atomic E-state index is 1.00. The van der Waals surface area contributed by atoms with Crippen LogP contribution in [0.2, 0.25) is 0 Å². The molecule has 0 saturated carbocycles. The summed E-state index contributed by atoms with van der Waals surface area (Å²) in [5.74, 6) is 0. The molecule has 7 aromatic rings. The van der Waals surface area contributed by atoms with Crippen molar-refractivity contribution in [2.24, 2.45) is 0 Å². The summed E-state index contributed by atoms with van der Waals surface area (Å²) in [4.78, 5) is 0. The van der Waals surface area contributed by atoms with E-state index in [1.165, 1.54) is 83.1 Å². The Kier molecular flexibility index (Phi) is 5.86. The quantitative estimate of drug-likeness (QED) is 0.206. The fraction of sp³-hybridized carbons (Fsp3) is 0.0476. The Morgan fingerprint density at radius 2 is 0.762 bits per heavy atom. The maximum Gasteiger partial charge on any atom is -0.000709 e. The van der Waals surface area contributed by atoms with E-state index in [0.717, 1.165) is 6.42 Å². The van der Waals surface area contributed by atoms with Gasteiger partial charge in [-0.2, -0.15) is 0 Å². The zero-order valence-electron chi connectivity index (χ0n) is 23.6. The van der Waals surface area contributed by atoms with Crippen LogP contribution in [-0.2, 0) is 6.42 Å². The highest BCUT2D eigenvalue weighted by Gasteiger charge is 2.33. The average Bonchev–Trinajstić information content (AvgIpc) is 3.40. The zero-order chi connectivity index (χ0) is 28.0. The summed E-state index contributed by atoms with van der Waals surface area (Å²) in [5, 5.41) is 2.68. The van der Waals surface area contributed by atoms with Crippen molar-refractivity contribution in [2.75, 3.05) is 0 Å². The Balaban J connectivity index is 1.69. The molecule has 0 heteroatoms. The van der Waals surface area contributed by atoms with Crippen LogP contribution in [0.1, 0.15) is 12.5 Å². The summed E-state index contributed by atoms with van der Waals surface area (Å²) >= 11 is 0. The van der Waals surface area contributed by atoms with Gasteiger partial charge in [0.1, 0.15) is 0 Å². The zero-order valence-corrected chi connectivity index (χ0v) is 23.6. The van der Waals surface area contributed by atoms with Crippen molar-refractivity contribution in [1.29, 1.82) is 0 Å². The highest BCUT2D eigenvalue weighted by atomic mass is 14.4. The maximum absolute atomic E-state index is 2.45. The summed E-state index contributed by atoms with van der Waals surface area (Å²) in [5.41, 5.74) is 16.9. The number of fused-ring (bicyclic) bond motifs is 3. The van der Waals surface area contributed by atoms with Gasteiger partial charge in [-0.05, 0) is 89.5 Å². The van der Waals surface area contributed by atoms with Crippen molar-refractivity contribution < 1.29 is 0 Å². The molecule has 198 valence electrons. The Morgan fingerprint density at radius 1 is 0.357 bits per heavy atom. The Morgan fingerprint density at radius 3 is 1.19 bits per heavy atom. The molecule has 7 aromatic carbocycles. The summed E-state index contributed by atoms with van der Waals surface area (Å²) in [7, 11) is 0. The van der Waals surface area contributed by atoms with Crippen molar-refractivity contribution in [3.05, 3.63) is 157 Å². The second kappa shape index (κ2) is 10.0. The molecule has 1 aliphatic carbocycles. The molecule has 0 saturated heterocycles. The number of hydrogen-bond donors (Lipinski definition) is 0. The first-order chi connectivity index (χ1) is 20.8. The molecule has 0 bridgehead atoms. The molecule has 0 N–H and O–H groups in total. The van der Waals surface area contributed by atoms with Gasteiger partial charge in [0.15, 0.2) is 0 Å². The lowest BCUT2D eigenvalue weighted by Crippen LogP contribution is -1.99. The predicted molar refractivity (Wildman–Crippen MR) is 179 cm³/mol. The third kappa shape index (κ3) is 3.76. The molecular formula is C42H30. The van der Waals surface area contributed by atoms with Crippen LogP contribution in [0.15, 0.2) is 152 Å². The minimum Gasteiger partial charge on any atom is -0.0622 e. The van der Waals surface area contributed by atoms with E-state index in [1.807, 2.05) is 0 Å². The van der Waals surface area contributed by atoms with Gasteiger partial charge in [-0.3, -0.25) is 0 Å². The Hall–Kier alpha value is -5.20. The maximum atomic E-state index is 2.45.